The number of rotatable bonds is 7. The van der Waals surface area contributed by atoms with E-state index in [0.717, 1.165) is 44.2 Å². The molecule has 1 aliphatic rings. The zero-order chi connectivity index (χ0) is 25.8. The summed E-state index contributed by atoms with van der Waals surface area (Å²) in [6.07, 6.45) is 4.60. The summed E-state index contributed by atoms with van der Waals surface area (Å²) in [7, 11) is 0. The Labute approximate surface area is 214 Å². The fourth-order valence-corrected chi connectivity index (χ4v) is 4.42. The van der Waals surface area contributed by atoms with E-state index < -0.39 is 5.82 Å². The Kier molecular flexibility index (Phi) is 7.04. The van der Waals surface area contributed by atoms with Gasteiger partial charge in [0.1, 0.15) is 11.6 Å². The van der Waals surface area contributed by atoms with E-state index >= 15 is 4.39 Å². The van der Waals surface area contributed by atoms with Crippen molar-refractivity contribution in [3.8, 4) is 11.1 Å². The van der Waals surface area contributed by atoms with Crippen LogP contribution < -0.4 is 15.5 Å². The van der Waals surface area contributed by atoms with Crippen molar-refractivity contribution in [3.63, 3.8) is 0 Å². The van der Waals surface area contributed by atoms with Gasteiger partial charge in [-0.15, -0.1) is 0 Å². The van der Waals surface area contributed by atoms with E-state index in [9.17, 15) is 4.79 Å². The second-order valence-electron chi connectivity index (χ2n) is 8.78. The van der Waals surface area contributed by atoms with Crippen LogP contribution in [0.3, 0.4) is 0 Å². The lowest BCUT2D eigenvalue weighted by molar-refractivity contribution is -0.111. The van der Waals surface area contributed by atoms with Crippen LogP contribution in [0.15, 0.2) is 73.6 Å². The molecule has 2 N–H and O–H groups in total. The Bertz CT molecular complexity index is 1430. The average Bonchev–Trinajstić information content (AvgIpc) is 2.93. The van der Waals surface area contributed by atoms with E-state index in [4.69, 9.17) is 0 Å². The Morgan fingerprint density at radius 1 is 1.05 bits per heavy atom. The molecule has 0 atom stereocenters. The molecule has 2 aromatic carbocycles. The number of aromatic nitrogens is 3. The van der Waals surface area contributed by atoms with Gasteiger partial charge in [0.25, 0.3) is 0 Å². The number of fused-ring (bicyclic) bond motifs is 1. The van der Waals surface area contributed by atoms with Crippen molar-refractivity contribution in [1.29, 1.82) is 0 Å². The molecule has 3 heterocycles. The third kappa shape index (κ3) is 5.41. The molecule has 4 aromatic rings. The van der Waals surface area contributed by atoms with Gasteiger partial charge >= 0.3 is 0 Å². The lowest BCUT2D eigenvalue weighted by Gasteiger charge is -2.34. The molecule has 0 radical (unpaired) electrons. The van der Waals surface area contributed by atoms with Crippen LogP contribution in [0, 0.1) is 5.82 Å². The molecule has 0 bridgehead atoms. The molecule has 5 rings (SSSR count). The van der Waals surface area contributed by atoms with Gasteiger partial charge < -0.3 is 20.4 Å². The Morgan fingerprint density at radius 3 is 2.62 bits per heavy atom. The second-order valence-corrected chi connectivity index (χ2v) is 8.78. The van der Waals surface area contributed by atoms with E-state index in [0.29, 0.717) is 33.7 Å². The number of anilines is 4. The summed E-state index contributed by atoms with van der Waals surface area (Å²) in [5.41, 5.74) is 2.65. The summed E-state index contributed by atoms with van der Waals surface area (Å²) >= 11 is 0. The molecule has 1 fully saturated rings. The van der Waals surface area contributed by atoms with Gasteiger partial charge in [0, 0.05) is 49.0 Å². The van der Waals surface area contributed by atoms with Crippen molar-refractivity contribution in [2.24, 2.45) is 0 Å². The number of carbonyl (C=O) groups excluding carboxylic acids is 1. The number of hydrogen-bond acceptors (Lipinski definition) is 7. The standard InChI is InChI=1S/C28H28FN7O/c1-3-25(37)32-21-7-5-6-19(16-21)26-23(29)10-8-20-17-31-28(34-27(20)26)33-22-9-11-24(30-18-22)36-14-12-35(4-2)13-15-36/h3,5-11,16-18H,1,4,12-15H2,2H3,(H,32,37)(H,31,33,34). The van der Waals surface area contributed by atoms with Crippen LogP contribution in [0.5, 0.6) is 0 Å². The predicted molar refractivity (Wildman–Crippen MR) is 146 cm³/mol. The predicted octanol–water partition coefficient (Wildman–Crippen LogP) is 4.84. The van der Waals surface area contributed by atoms with E-state index in [1.165, 1.54) is 12.1 Å². The SMILES string of the molecule is C=CC(=O)Nc1cccc(-c2c(F)ccc3cnc(Nc4ccc(N5CCN(CC)CC5)nc4)nc23)c1. The number of nitrogens with one attached hydrogen (secondary N) is 2. The number of likely N-dealkylation sites (N-methyl/N-ethyl adjacent to an activating group) is 1. The molecule has 1 saturated heterocycles. The summed E-state index contributed by atoms with van der Waals surface area (Å²) in [4.78, 5) is 30.1. The highest BCUT2D eigenvalue weighted by molar-refractivity contribution is 6.00. The van der Waals surface area contributed by atoms with Crippen LogP contribution in [0.2, 0.25) is 0 Å². The summed E-state index contributed by atoms with van der Waals surface area (Å²) < 4.78 is 15.1. The molecule has 2 aromatic heterocycles. The van der Waals surface area contributed by atoms with Gasteiger partial charge in [-0.1, -0.05) is 25.6 Å². The lowest BCUT2D eigenvalue weighted by atomic mass is 10.0. The summed E-state index contributed by atoms with van der Waals surface area (Å²) in [6, 6.07) is 13.9. The van der Waals surface area contributed by atoms with Gasteiger partial charge in [0.15, 0.2) is 0 Å². The highest BCUT2D eigenvalue weighted by atomic mass is 19.1. The Balaban J connectivity index is 1.40. The van der Waals surface area contributed by atoms with Gasteiger partial charge in [-0.25, -0.2) is 19.3 Å². The quantitative estimate of drug-likeness (QED) is 0.353. The number of benzene rings is 2. The third-order valence-electron chi connectivity index (χ3n) is 6.45. The molecule has 37 heavy (non-hydrogen) atoms. The minimum Gasteiger partial charge on any atom is -0.354 e. The first-order valence-electron chi connectivity index (χ1n) is 12.2. The fraction of sp³-hybridized carbons (Fsp3) is 0.214. The van der Waals surface area contributed by atoms with Crippen molar-refractivity contribution in [1.82, 2.24) is 19.9 Å². The molecule has 0 aliphatic carbocycles. The molecule has 1 amide bonds. The lowest BCUT2D eigenvalue weighted by Crippen LogP contribution is -2.46. The monoisotopic (exact) mass is 497 g/mol. The summed E-state index contributed by atoms with van der Waals surface area (Å²) in [6.45, 7) is 10.7. The van der Waals surface area contributed by atoms with Crippen LogP contribution in [0.1, 0.15) is 6.92 Å². The van der Waals surface area contributed by atoms with Crippen LogP contribution in [-0.2, 0) is 4.79 Å². The molecule has 1 aliphatic heterocycles. The minimum atomic E-state index is -0.418. The van der Waals surface area contributed by atoms with Crippen LogP contribution in [-0.4, -0.2) is 58.5 Å². The van der Waals surface area contributed by atoms with Crippen molar-refractivity contribution in [2.75, 3.05) is 48.3 Å². The molecule has 8 nitrogen and oxygen atoms in total. The van der Waals surface area contributed by atoms with Gasteiger partial charge in [0.2, 0.25) is 11.9 Å². The molecule has 0 spiro atoms. The van der Waals surface area contributed by atoms with Crippen molar-refractivity contribution in [2.45, 2.75) is 6.92 Å². The molecule has 0 unspecified atom stereocenters. The number of hydrogen-bond donors (Lipinski definition) is 2. The van der Waals surface area contributed by atoms with E-state index in [1.54, 1.807) is 42.7 Å². The third-order valence-corrected chi connectivity index (χ3v) is 6.45. The smallest absolute Gasteiger partial charge is 0.247 e. The van der Waals surface area contributed by atoms with Crippen molar-refractivity contribution in [3.05, 3.63) is 79.4 Å². The average molecular weight is 498 g/mol. The van der Waals surface area contributed by atoms with Gasteiger partial charge in [0.05, 0.1) is 17.4 Å². The zero-order valence-corrected chi connectivity index (χ0v) is 20.6. The topological polar surface area (TPSA) is 86.3 Å². The van der Waals surface area contributed by atoms with Gasteiger partial charge in [-0.05, 0) is 54.6 Å². The maximum absolute atomic E-state index is 15.1. The number of nitrogens with zero attached hydrogens (tertiary/aromatic N) is 5. The number of piperazine rings is 1. The first kappa shape index (κ1) is 24.3. The first-order chi connectivity index (χ1) is 18.0. The number of carbonyl (C=O) groups is 1. The molecule has 0 saturated carbocycles. The summed E-state index contributed by atoms with van der Waals surface area (Å²) in [5, 5.41) is 6.59. The minimum absolute atomic E-state index is 0.331. The normalized spacial score (nSPS) is 13.9. The highest BCUT2D eigenvalue weighted by Gasteiger charge is 2.17. The first-order valence-corrected chi connectivity index (χ1v) is 12.2. The largest absolute Gasteiger partial charge is 0.354 e. The van der Waals surface area contributed by atoms with Crippen molar-refractivity contribution < 1.29 is 9.18 Å². The van der Waals surface area contributed by atoms with E-state index in [2.05, 4.69) is 48.9 Å². The number of pyridine rings is 1. The van der Waals surface area contributed by atoms with Crippen LogP contribution in [0.25, 0.3) is 22.0 Å². The Morgan fingerprint density at radius 2 is 1.89 bits per heavy atom. The number of halogens is 1. The zero-order valence-electron chi connectivity index (χ0n) is 20.6. The molecule has 188 valence electrons. The molecular formula is C28H28FN7O. The number of amides is 1. The van der Waals surface area contributed by atoms with Gasteiger partial charge in [-0.3, -0.25) is 4.79 Å². The van der Waals surface area contributed by atoms with Gasteiger partial charge in [-0.2, -0.15) is 0 Å². The van der Waals surface area contributed by atoms with Crippen LogP contribution >= 0.6 is 0 Å². The van der Waals surface area contributed by atoms with E-state index in [1.807, 2.05) is 12.1 Å². The highest BCUT2D eigenvalue weighted by Crippen LogP contribution is 2.32. The maximum atomic E-state index is 15.1. The van der Waals surface area contributed by atoms with Crippen molar-refractivity contribution >= 4 is 40.0 Å². The molecular weight excluding hydrogens is 469 g/mol. The van der Waals surface area contributed by atoms with Crippen LogP contribution in [0.4, 0.5) is 27.5 Å². The molecule has 9 heteroatoms. The fourth-order valence-electron chi connectivity index (χ4n) is 4.42. The second kappa shape index (κ2) is 10.7. The Hall–Kier alpha value is -4.37. The summed E-state index contributed by atoms with van der Waals surface area (Å²) in [5.74, 6) is 0.515. The van der Waals surface area contributed by atoms with E-state index in [-0.39, 0.29) is 5.91 Å². The maximum Gasteiger partial charge on any atom is 0.247 e.